The van der Waals surface area contributed by atoms with Crippen molar-refractivity contribution in [2.24, 2.45) is 0 Å². The first-order chi connectivity index (χ1) is 7.36. The Morgan fingerprint density at radius 2 is 1.94 bits per heavy atom. The van der Waals surface area contributed by atoms with E-state index in [0.717, 1.165) is 5.57 Å². The van der Waals surface area contributed by atoms with Gasteiger partial charge in [0.25, 0.3) is 0 Å². The van der Waals surface area contributed by atoms with Gasteiger partial charge in [0, 0.05) is 6.07 Å². The molecule has 0 aliphatic heterocycles. The maximum Gasteiger partial charge on any atom is 0.164 e. The standard InChI is InChI=1S/C13H18O3/c1-9(2)13(3,4)16-11-7-6-10(14)8-12(11)15-5/h6-8,14H,1H2,2-5H3. The summed E-state index contributed by atoms with van der Waals surface area (Å²) in [5.41, 5.74) is 0.451. The van der Waals surface area contributed by atoms with Gasteiger partial charge >= 0.3 is 0 Å². The van der Waals surface area contributed by atoms with E-state index in [2.05, 4.69) is 6.58 Å². The second kappa shape index (κ2) is 4.47. The van der Waals surface area contributed by atoms with Crippen molar-refractivity contribution in [2.75, 3.05) is 7.11 Å². The summed E-state index contributed by atoms with van der Waals surface area (Å²) in [5.74, 6) is 1.25. The normalized spacial score (nSPS) is 11.0. The summed E-state index contributed by atoms with van der Waals surface area (Å²) in [6.45, 7) is 9.65. The summed E-state index contributed by atoms with van der Waals surface area (Å²) < 4.78 is 10.9. The zero-order chi connectivity index (χ0) is 12.3. The van der Waals surface area contributed by atoms with Crippen molar-refractivity contribution in [3.05, 3.63) is 30.4 Å². The Morgan fingerprint density at radius 1 is 1.31 bits per heavy atom. The van der Waals surface area contributed by atoms with E-state index in [1.54, 1.807) is 12.1 Å². The van der Waals surface area contributed by atoms with E-state index in [4.69, 9.17) is 9.47 Å². The summed E-state index contributed by atoms with van der Waals surface area (Å²) in [6, 6.07) is 4.76. The van der Waals surface area contributed by atoms with E-state index < -0.39 is 5.60 Å². The van der Waals surface area contributed by atoms with Gasteiger partial charge in [-0.05, 0) is 38.5 Å². The number of rotatable bonds is 4. The van der Waals surface area contributed by atoms with Crippen molar-refractivity contribution in [2.45, 2.75) is 26.4 Å². The molecule has 1 aromatic carbocycles. The molecule has 3 heteroatoms. The number of aromatic hydroxyl groups is 1. The Balaban J connectivity index is 3.01. The molecule has 0 amide bonds. The predicted molar refractivity (Wildman–Crippen MR) is 64.2 cm³/mol. The molecule has 0 heterocycles. The van der Waals surface area contributed by atoms with Gasteiger partial charge in [-0.1, -0.05) is 6.58 Å². The van der Waals surface area contributed by atoms with E-state index in [-0.39, 0.29) is 5.75 Å². The van der Waals surface area contributed by atoms with Crippen LogP contribution in [0.1, 0.15) is 20.8 Å². The fourth-order valence-electron chi connectivity index (χ4n) is 1.10. The topological polar surface area (TPSA) is 38.7 Å². The molecule has 0 atom stereocenters. The molecule has 0 fully saturated rings. The molecule has 1 aromatic rings. The van der Waals surface area contributed by atoms with Gasteiger partial charge in [-0.15, -0.1) is 0 Å². The highest BCUT2D eigenvalue weighted by Gasteiger charge is 2.22. The van der Waals surface area contributed by atoms with Crippen LogP contribution < -0.4 is 9.47 Å². The van der Waals surface area contributed by atoms with Crippen LogP contribution in [0.3, 0.4) is 0 Å². The van der Waals surface area contributed by atoms with Gasteiger partial charge in [-0.25, -0.2) is 0 Å². The van der Waals surface area contributed by atoms with E-state index in [9.17, 15) is 5.11 Å². The van der Waals surface area contributed by atoms with Crippen molar-refractivity contribution < 1.29 is 14.6 Å². The van der Waals surface area contributed by atoms with E-state index in [1.165, 1.54) is 13.2 Å². The molecule has 0 aliphatic rings. The van der Waals surface area contributed by atoms with Gasteiger partial charge < -0.3 is 14.6 Å². The number of benzene rings is 1. The van der Waals surface area contributed by atoms with Gasteiger partial charge in [0.05, 0.1) is 7.11 Å². The summed E-state index contributed by atoms with van der Waals surface area (Å²) in [7, 11) is 1.54. The number of hydrogen-bond donors (Lipinski definition) is 1. The SMILES string of the molecule is C=C(C)C(C)(C)Oc1ccc(O)cc1OC. The molecule has 0 aliphatic carbocycles. The number of methoxy groups -OCH3 is 1. The maximum absolute atomic E-state index is 9.32. The van der Waals surface area contributed by atoms with Crippen LogP contribution in [0.15, 0.2) is 30.4 Å². The Labute approximate surface area is 96.3 Å². The van der Waals surface area contributed by atoms with E-state index >= 15 is 0 Å². The predicted octanol–water partition coefficient (Wildman–Crippen LogP) is 3.13. The zero-order valence-corrected chi connectivity index (χ0v) is 10.2. The molecule has 0 unspecified atom stereocenters. The summed E-state index contributed by atoms with van der Waals surface area (Å²) >= 11 is 0. The Morgan fingerprint density at radius 3 is 2.44 bits per heavy atom. The first-order valence-electron chi connectivity index (χ1n) is 5.09. The van der Waals surface area contributed by atoms with Crippen LogP contribution in [0.5, 0.6) is 17.2 Å². The minimum absolute atomic E-state index is 0.150. The zero-order valence-electron chi connectivity index (χ0n) is 10.2. The third kappa shape index (κ3) is 2.69. The van der Waals surface area contributed by atoms with Crippen molar-refractivity contribution in [1.82, 2.24) is 0 Å². The number of ether oxygens (including phenoxy) is 2. The highest BCUT2D eigenvalue weighted by Crippen LogP contribution is 2.34. The molecule has 0 spiro atoms. The van der Waals surface area contributed by atoms with Crippen molar-refractivity contribution in [3.8, 4) is 17.2 Å². The summed E-state index contributed by atoms with van der Waals surface area (Å²) in [6.07, 6.45) is 0. The van der Waals surface area contributed by atoms with Crippen molar-refractivity contribution in [1.29, 1.82) is 0 Å². The van der Waals surface area contributed by atoms with Crippen LogP contribution >= 0.6 is 0 Å². The third-order valence-electron chi connectivity index (χ3n) is 2.54. The Bertz CT molecular complexity index is 394. The molecule has 16 heavy (non-hydrogen) atoms. The second-order valence-electron chi connectivity index (χ2n) is 4.23. The first-order valence-corrected chi connectivity index (χ1v) is 5.09. The molecule has 1 N–H and O–H groups in total. The van der Waals surface area contributed by atoms with Crippen LogP contribution in [-0.2, 0) is 0 Å². The molecule has 0 saturated heterocycles. The molecule has 0 radical (unpaired) electrons. The molecular weight excluding hydrogens is 204 g/mol. The molecule has 88 valence electrons. The monoisotopic (exact) mass is 222 g/mol. The lowest BCUT2D eigenvalue weighted by Gasteiger charge is -2.27. The maximum atomic E-state index is 9.32. The Kier molecular flexibility index (Phi) is 3.48. The van der Waals surface area contributed by atoms with Crippen LogP contribution in [0.4, 0.5) is 0 Å². The summed E-state index contributed by atoms with van der Waals surface area (Å²) in [5, 5.41) is 9.32. The average Bonchev–Trinajstić information content (AvgIpc) is 2.20. The molecule has 1 rings (SSSR count). The van der Waals surface area contributed by atoms with Gasteiger partial charge in [-0.3, -0.25) is 0 Å². The van der Waals surface area contributed by atoms with Crippen molar-refractivity contribution >= 4 is 0 Å². The molecule has 3 nitrogen and oxygen atoms in total. The van der Waals surface area contributed by atoms with E-state index in [0.29, 0.717) is 11.5 Å². The van der Waals surface area contributed by atoms with Crippen LogP contribution in [0.25, 0.3) is 0 Å². The van der Waals surface area contributed by atoms with Gasteiger partial charge in [0.2, 0.25) is 0 Å². The fraction of sp³-hybridized carbons (Fsp3) is 0.385. The first kappa shape index (κ1) is 12.4. The quantitative estimate of drug-likeness (QED) is 0.795. The largest absolute Gasteiger partial charge is 0.508 e. The molecule has 0 aromatic heterocycles. The number of phenols is 1. The van der Waals surface area contributed by atoms with Gasteiger partial charge in [0.1, 0.15) is 11.4 Å². The minimum atomic E-state index is -0.468. The van der Waals surface area contributed by atoms with Crippen LogP contribution in [0, 0.1) is 0 Å². The molecular formula is C13H18O3. The minimum Gasteiger partial charge on any atom is -0.508 e. The molecule has 0 saturated carbocycles. The lowest BCUT2D eigenvalue weighted by Crippen LogP contribution is -2.29. The second-order valence-corrected chi connectivity index (χ2v) is 4.23. The summed E-state index contributed by atoms with van der Waals surface area (Å²) in [4.78, 5) is 0. The highest BCUT2D eigenvalue weighted by molar-refractivity contribution is 5.45. The van der Waals surface area contributed by atoms with E-state index in [1.807, 2.05) is 20.8 Å². The van der Waals surface area contributed by atoms with Crippen molar-refractivity contribution in [3.63, 3.8) is 0 Å². The van der Waals surface area contributed by atoms with Crippen LogP contribution in [-0.4, -0.2) is 17.8 Å². The number of hydrogen-bond acceptors (Lipinski definition) is 3. The highest BCUT2D eigenvalue weighted by atomic mass is 16.5. The molecule has 0 bridgehead atoms. The fourth-order valence-corrected chi connectivity index (χ4v) is 1.10. The lowest BCUT2D eigenvalue weighted by atomic mass is 10.0. The van der Waals surface area contributed by atoms with Crippen LogP contribution in [0.2, 0.25) is 0 Å². The average molecular weight is 222 g/mol. The number of phenolic OH excluding ortho intramolecular Hbond substituents is 1. The Hall–Kier alpha value is -1.64. The lowest BCUT2D eigenvalue weighted by molar-refractivity contribution is 0.143. The smallest absolute Gasteiger partial charge is 0.164 e. The van der Waals surface area contributed by atoms with Gasteiger partial charge in [0.15, 0.2) is 11.5 Å². The van der Waals surface area contributed by atoms with Gasteiger partial charge in [-0.2, -0.15) is 0 Å². The third-order valence-corrected chi connectivity index (χ3v) is 2.54.